The Kier molecular flexibility index (Phi) is 4.08. The van der Waals surface area contributed by atoms with Crippen molar-refractivity contribution in [3.05, 3.63) is 79.4 Å². The van der Waals surface area contributed by atoms with Crippen molar-refractivity contribution in [2.45, 2.75) is 9.79 Å². The highest BCUT2D eigenvalue weighted by molar-refractivity contribution is 7.99. The van der Waals surface area contributed by atoms with E-state index in [9.17, 15) is 0 Å². The zero-order valence-corrected chi connectivity index (χ0v) is 13.6. The van der Waals surface area contributed by atoms with Gasteiger partial charge in [-0.25, -0.2) is 15.0 Å². The molecule has 1 N–H and O–H groups in total. The molecule has 4 aromatic rings. The van der Waals surface area contributed by atoms with Gasteiger partial charge in [-0.1, -0.05) is 42.1 Å². The van der Waals surface area contributed by atoms with Crippen LogP contribution in [0.25, 0.3) is 11.0 Å². The van der Waals surface area contributed by atoms with Gasteiger partial charge in [0.1, 0.15) is 6.33 Å². The van der Waals surface area contributed by atoms with Crippen LogP contribution in [-0.4, -0.2) is 15.0 Å². The van der Waals surface area contributed by atoms with Crippen LogP contribution in [0.1, 0.15) is 0 Å². The molecule has 2 aromatic heterocycles. The van der Waals surface area contributed by atoms with Crippen molar-refractivity contribution < 1.29 is 0 Å². The number of pyridine rings is 1. The lowest BCUT2D eigenvalue weighted by atomic mass is 10.2. The standard InChI is InChI=1S/C19H14N4S/c1-2-6-14(7-3-1)24-18-9-5-4-8-17(18)23-16-10-11-21-19-15(16)12-20-13-22-19/h1-13H,(H,20,21,22,23). The number of anilines is 2. The first-order chi connectivity index (χ1) is 11.9. The largest absolute Gasteiger partial charge is 0.354 e. The van der Waals surface area contributed by atoms with Gasteiger partial charge in [0.25, 0.3) is 0 Å². The first-order valence-corrected chi connectivity index (χ1v) is 8.35. The summed E-state index contributed by atoms with van der Waals surface area (Å²) in [5.74, 6) is 0. The smallest absolute Gasteiger partial charge is 0.164 e. The van der Waals surface area contributed by atoms with E-state index in [0.29, 0.717) is 5.65 Å². The number of nitrogens with one attached hydrogen (secondary N) is 1. The molecule has 4 rings (SSSR count). The average Bonchev–Trinajstić information content (AvgIpc) is 2.64. The van der Waals surface area contributed by atoms with Gasteiger partial charge in [0.15, 0.2) is 5.65 Å². The van der Waals surface area contributed by atoms with Gasteiger partial charge in [0.2, 0.25) is 0 Å². The Hall–Kier alpha value is -2.92. The molecule has 24 heavy (non-hydrogen) atoms. The Bertz CT molecular complexity index is 968. The lowest BCUT2D eigenvalue weighted by Crippen LogP contribution is -1.95. The first-order valence-electron chi connectivity index (χ1n) is 7.54. The van der Waals surface area contributed by atoms with E-state index in [1.807, 2.05) is 36.4 Å². The molecule has 0 aliphatic carbocycles. The molecule has 0 amide bonds. The predicted octanol–water partition coefficient (Wildman–Crippen LogP) is 4.92. The summed E-state index contributed by atoms with van der Waals surface area (Å²) in [7, 11) is 0. The third kappa shape index (κ3) is 3.07. The van der Waals surface area contributed by atoms with Crippen molar-refractivity contribution in [1.82, 2.24) is 15.0 Å². The second-order valence-electron chi connectivity index (χ2n) is 5.15. The highest BCUT2D eigenvalue weighted by Crippen LogP contribution is 2.35. The maximum atomic E-state index is 4.28. The van der Waals surface area contributed by atoms with Crippen molar-refractivity contribution in [3.63, 3.8) is 0 Å². The van der Waals surface area contributed by atoms with Crippen LogP contribution in [-0.2, 0) is 0 Å². The molecule has 116 valence electrons. The molecule has 2 aromatic carbocycles. The number of fused-ring (bicyclic) bond motifs is 1. The van der Waals surface area contributed by atoms with E-state index in [-0.39, 0.29) is 0 Å². The maximum Gasteiger partial charge on any atom is 0.164 e. The maximum absolute atomic E-state index is 4.28. The van der Waals surface area contributed by atoms with E-state index in [4.69, 9.17) is 0 Å². The summed E-state index contributed by atoms with van der Waals surface area (Å²) in [6.45, 7) is 0. The third-order valence-corrected chi connectivity index (χ3v) is 4.63. The first kappa shape index (κ1) is 14.7. The zero-order valence-electron chi connectivity index (χ0n) is 12.8. The summed E-state index contributed by atoms with van der Waals surface area (Å²) in [4.78, 5) is 15.0. The van der Waals surface area contributed by atoms with E-state index in [1.54, 1.807) is 24.2 Å². The molecule has 0 fully saturated rings. The third-order valence-electron chi connectivity index (χ3n) is 3.55. The molecule has 0 atom stereocenters. The summed E-state index contributed by atoms with van der Waals surface area (Å²) in [5.41, 5.74) is 2.67. The number of nitrogens with zero attached hydrogens (tertiary/aromatic N) is 3. The number of aromatic nitrogens is 3. The van der Waals surface area contributed by atoms with Gasteiger partial charge in [0.05, 0.1) is 16.8 Å². The summed E-state index contributed by atoms with van der Waals surface area (Å²) >= 11 is 1.73. The molecule has 0 bridgehead atoms. The van der Waals surface area contributed by atoms with Crippen molar-refractivity contribution in [2.75, 3.05) is 5.32 Å². The van der Waals surface area contributed by atoms with E-state index in [2.05, 4.69) is 44.5 Å². The lowest BCUT2D eigenvalue weighted by Gasteiger charge is -2.13. The number of para-hydroxylation sites is 1. The Morgan fingerprint density at radius 3 is 2.54 bits per heavy atom. The van der Waals surface area contributed by atoms with Crippen molar-refractivity contribution in [1.29, 1.82) is 0 Å². The summed E-state index contributed by atoms with van der Waals surface area (Å²) in [5, 5.41) is 4.40. The number of hydrogen-bond acceptors (Lipinski definition) is 5. The molecule has 4 nitrogen and oxygen atoms in total. The van der Waals surface area contributed by atoms with Gasteiger partial charge in [-0.05, 0) is 30.3 Å². The second kappa shape index (κ2) is 6.68. The number of hydrogen-bond donors (Lipinski definition) is 1. The van der Waals surface area contributed by atoms with Crippen LogP contribution in [0.2, 0.25) is 0 Å². The van der Waals surface area contributed by atoms with Crippen LogP contribution in [0, 0.1) is 0 Å². The van der Waals surface area contributed by atoms with Gasteiger partial charge in [-0.2, -0.15) is 0 Å². The van der Waals surface area contributed by atoms with Crippen LogP contribution in [0.4, 0.5) is 11.4 Å². The topological polar surface area (TPSA) is 50.7 Å². The molecule has 0 saturated heterocycles. The minimum absolute atomic E-state index is 0.684. The molecule has 5 heteroatoms. The normalized spacial score (nSPS) is 10.7. The Morgan fingerprint density at radius 1 is 0.792 bits per heavy atom. The van der Waals surface area contributed by atoms with Gasteiger partial charge >= 0.3 is 0 Å². The van der Waals surface area contributed by atoms with Crippen molar-refractivity contribution in [3.8, 4) is 0 Å². The SMILES string of the molecule is c1ccc(Sc2ccccc2Nc2ccnc3ncncc23)cc1. The summed E-state index contributed by atoms with van der Waals surface area (Å²) in [6.07, 6.45) is 5.05. The fourth-order valence-electron chi connectivity index (χ4n) is 2.42. The van der Waals surface area contributed by atoms with Crippen LogP contribution in [0.3, 0.4) is 0 Å². The molecule has 0 radical (unpaired) electrons. The predicted molar refractivity (Wildman–Crippen MR) is 97.6 cm³/mol. The Labute approximate surface area is 144 Å². The number of benzene rings is 2. The number of rotatable bonds is 4. The summed E-state index contributed by atoms with van der Waals surface area (Å²) in [6, 6.07) is 20.5. The molecule has 0 aliphatic rings. The van der Waals surface area contributed by atoms with Gasteiger partial charge < -0.3 is 5.32 Å². The lowest BCUT2D eigenvalue weighted by molar-refractivity contribution is 1.18. The molecule has 0 aliphatic heterocycles. The minimum Gasteiger partial charge on any atom is -0.354 e. The minimum atomic E-state index is 0.684. The van der Waals surface area contributed by atoms with E-state index < -0.39 is 0 Å². The fourth-order valence-corrected chi connectivity index (χ4v) is 3.34. The average molecular weight is 330 g/mol. The van der Waals surface area contributed by atoms with Crippen LogP contribution in [0.15, 0.2) is 89.2 Å². The highest BCUT2D eigenvalue weighted by Gasteiger charge is 2.07. The van der Waals surface area contributed by atoms with E-state index >= 15 is 0 Å². The molecule has 2 heterocycles. The molecular weight excluding hydrogens is 316 g/mol. The van der Waals surface area contributed by atoms with Gasteiger partial charge in [-0.3, -0.25) is 0 Å². The molecule has 0 unspecified atom stereocenters. The van der Waals surface area contributed by atoms with Crippen LogP contribution in [0.5, 0.6) is 0 Å². The Balaban J connectivity index is 1.70. The quantitative estimate of drug-likeness (QED) is 0.575. The van der Waals surface area contributed by atoms with Gasteiger partial charge in [-0.15, -0.1) is 0 Å². The van der Waals surface area contributed by atoms with Crippen molar-refractivity contribution >= 4 is 34.2 Å². The zero-order chi connectivity index (χ0) is 16.2. The van der Waals surface area contributed by atoms with E-state index in [0.717, 1.165) is 21.7 Å². The van der Waals surface area contributed by atoms with Crippen LogP contribution >= 0.6 is 11.8 Å². The molecular formula is C19H14N4S. The highest BCUT2D eigenvalue weighted by atomic mass is 32.2. The Morgan fingerprint density at radius 2 is 1.62 bits per heavy atom. The summed E-state index contributed by atoms with van der Waals surface area (Å²) < 4.78 is 0. The fraction of sp³-hybridized carbons (Fsp3) is 0. The monoisotopic (exact) mass is 330 g/mol. The van der Waals surface area contributed by atoms with E-state index in [1.165, 1.54) is 11.2 Å². The van der Waals surface area contributed by atoms with Crippen LogP contribution < -0.4 is 5.32 Å². The second-order valence-corrected chi connectivity index (χ2v) is 6.27. The van der Waals surface area contributed by atoms with Gasteiger partial charge in [0, 0.05) is 22.2 Å². The molecule has 0 saturated carbocycles. The van der Waals surface area contributed by atoms with Crippen molar-refractivity contribution in [2.24, 2.45) is 0 Å². The molecule has 0 spiro atoms.